The molecule has 1 aliphatic carbocycles. The van der Waals surface area contributed by atoms with Gasteiger partial charge >= 0.3 is 0 Å². The molecule has 2 atom stereocenters. The number of rotatable bonds is 6. The number of hydrogen-bond donors (Lipinski definition) is 2. The van der Waals surface area contributed by atoms with Crippen molar-refractivity contribution in [2.24, 2.45) is 11.8 Å². The minimum Gasteiger partial charge on any atom is -0.491 e. The standard InChI is InChI=1S/C20H21FN2O3/c1-3-26-18-8-7-15(11-17(18)21)22-19(24)13-5-4-6-14(10-13)23-20(25)16-9-12(16)2/h4-8,10-12,16H,3,9H2,1-2H3,(H,22,24)(H,23,25). The summed E-state index contributed by atoms with van der Waals surface area (Å²) in [5.41, 5.74) is 1.28. The maximum absolute atomic E-state index is 13.9. The van der Waals surface area contributed by atoms with Gasteiger partial charge in [0, 0.05) is 28.9 Å². The molecule has 1 aliphatic rings. The van der Waals surface area contributed by atoms with Crippen molar-refractivity contribution in [3.8, 4) is 5.75 Å². The summed E-state index contributed by atoms with van der Waals surface area (Å²) in [6.07, 6.45) is 0.898. The first-order chi connectivity index (χ1) is 12.5. The van der Waals surface area contributed by atoms with Gasteiger partial charge < -0.3 is 15.4 Å². The van der Waals surface area contributed by atoms with Gasteiger partial charge in [-0.1, -0.05) is 13.0 Å². The number of nitrogens with one attached hydrogen (secondary N) is 2. The lowest BCUT2D eigenvalue weighted by atomic mass is 10.1. The van der Waals surface area contributed by atoms with Crippen LogP contribution in [0.3, 0.4) is 0 Å². The average Bonchev–Trinajstić information content (AvgIpc) is 3.35. The molecule has 0 aromatic heterocycles. The molecule has 1 fully saturated rings. The molecule has 0 heterocycles. The van der Waals surface area contributed by atoms with Crippen LogP contribution in [0.1, 0.15) is 30.6 Å². The van der Waals surface area contributed by atoms with Gasteiger partial charge in [0.1, 0.15) is 0 Å². The van der Waals surface area contributed by atoms with Gasteiger partial charge in [-0.3, -0.25) is 9.59 Å². The second-order valence-corrected chi connectivity index (χ2v) is 6.42. The maximum atomic E-state index is 13.9. The lowest BCUT2D eigenvalue weighted by molar-refractivity contribution is -0.117. The van der Waals surface area contributed by atoms with Crippen molar-refractivity contribution < 1.29 is 18.7 Å². The molecule has 5 nitrogen and oxygen atoms in total. The fourth-order valence-electron chi connectivity index (χ4n) is 2.71. The molecule has 2 aromatic carbocycles. The summed E-state index contributed by atoms with van der Waals surface area (Å²) in [4.78, 5) is 24.4. The summed E-state index contributed by atoms with van der Waals surface area (Å²) in [7, 11) is 0. The van der Waals surface area contributed by atoms with E-state index in [9.17, 15) is 14.0 Å². The highest BCUT2D eigenvalue weighted by atomic mass is 19.1. The molecule has 26 heavy (non-hydrogen) atoms. The number of anilines is 2. The number of amides is 2. The molecular weight excluding hydrogens is 335 g/mol. The summed E-state index contributed by atoms with van der Waals surface area (Å²) < 4.78 is 19.0. The Kier molecular flexibility index (Phi) is 5.21. The molecule has 0 aliphatic heterocycles. The Labute approximate surface area is 151 Å². The quantitative estimate of drug-likeness (QED) is 0.820. The fraction of sp³-hybridized carbons (Fsp3) is 0.300. The normalized spacial score (nSPS) is 18.1. The van der Waals surface area contributed by atoms with Gasteiger partial charge in [-0.25, -0.2) is 4.39 Å². The van der Waals surface area contributed by atoms with E-state index in [1.165, 1.54) is 12.1 Å². The Morgan fingerprint density at radius 1 is 1.15 bits per heavy atom. The van der Waals surface area contributed by atoms with E-state index in [-0.39, 0.29) is 23.5 Å². The zero-order chi connectivity index (χ0) is 18.7. The maximum Gasteiger partial charge on any atom is 0.255 e. The molecule has 1 saturated carbocycles. The molecule has 3 rings (SSSR count). The first-order valence-corrected chi connectivity index (χ1v) is 8.62. The summed E-state index contributed by atoms with van der Waals surface area (Å²) in [5, 5.41) is 5.47. The average molecular weight is 356 g/mol. The third-order valence-electron chi connectivity index (χ3n) is 4.33. The summed E-state index contributed by atoms with van der Waals surface area (Å²) in [6, 6.07) is 10.9. The van der Waals surface area contributed by atoms with E-state index in [2.05, 4.69) is 10.6 Å². The number of hydrogen-bond acceptors (Lipinski definition) is 3. The molecule has 0 saturated heterocycles. The minimum absolute atomic E-state index is 0.0244. The molecule has 0 bridgehead atoms. The van der Waals surface area contributed by atoms with Gasteiger partial charge in [0.2, 0.25) is 5.91 Å². The zero-order valence-electron chi connectivity index (χ0n) is 14.7. The lowest BCUT2D eigenvalue weighted by Gasteiger charge is -2.10. The summed E-state index contributed by atoms with van der Waals surface area (Å²) in [6.45, 7) is 4.16. The Balaban J connectivity index is 1.67. The predicted molar refractivity (Wildman–Crippen MR) is 97.9 cm³/mol. The zero-order valence-corrected chi connectivity index (χ0v) is 14.7. The van der Waals surface area contributed by atoms with Crippen LogP contribution in [0.15, 0.2) is 42.5 Å². The molecule has 2 unspecified atom stereocenters. The summed E-state index contributed by atoms with van der Waals surface area (Å²) in [5.74, 6) is -0.336. The number of carbonyl (C=O) groups is 2. The number of benzene rings is 2. The van der Waals surface area contributed by atoms with E-state index >= 15 is 0 Å². The Bertz CT molecular complexity index is 838. The van der Waals surface area contributed by atoms with E-state index in [4.69, 9.17) is 4.74 Å². The van der Waals surface area contributed by atoms with E-state index in [1.54, 1.807) is 37.3 Å². The summed E-state index contributed by atoms with van der Waals surface area (Å²) >= 11 is 0. The molecule has 136 valence electrons. The number of carbonyl (C=O) groups excluding carboxylic acids is 2. The number of ether oxygens (including phenoxy) is 1. The van der Waals surface area contributed by atoms with E-state index in [0.717, 1.165) is 6.42 Å². The predicted octanol–water partition coefficient (Wildman–Crippen LogP) is 4.07. The second kappa shape index (κ2) is 7.56. The van der Waals surface area contributed by atoms with Gasteiger partial charge in [0.25, 0.3) is 5.91 Å². The number of halogens is 1. The van der Waals surface area contributed by atoms with Crippen molar-refractivity contribution in [2.45, 2.75) is 20.3 Å². The van der Waals surface area contributed by atoms with Crippen LogP contribution in [0.2, 0.25) is 0 Å². The van der Waals surface area contributed by atoms with Gasteiger partial charge in [0.15, 0.2) is 11.6 Å². The van der Waals surface area contributed by atoms with Crippen molar-refractivity contribution in [1.29, 1.82) is 0 Å². The van der Waals surface area contributed by atoms with Crippen molar-refractivity contribution >= 4 is 23.2 Å². The van der Waals surface area contributed by atoms with E-state index in [0.29, 0.717) is 29.5 Å². The van der Waals surface area contributed by atoms with Gasteiger partial charge in [0.05, 0.1) is 6.61 Å². The third kappa shape index (κ3) is 4.20. The Morgan fingerprint density at radius 2 is 1.88 bits per heavy atom. The molecule has 2 aromatic rings. The molecule has 0 spiro atoms. The highest BCUT2D eigenvalue weighted by molar-refractivity contribution is 6.05. The second-order valence-electron chi connectivity index (χ2n) is 6.42. The van der Waals surface area contributed by atoms with Crippen LogP contribution in [0.4, 0.5) is 15.8 Å². The third-order valence-corrected chi connectivity index (χ3v) is 4.33. The van der Waals surface area contributed by atoms with Gasteiger partial charge in [-0.15, -0.1) is 0 Å². The van der Waals surface area contributed by atoms with E-state index in [1.807, 2.05) is 6.92 Å². The van der Waals surface area contributed by atoms with Crippen LogP contribution in [-0.4, -0.2) is 18.4 Å². The minimum atomic E-state index is -0.538. The van der Waals surface area contributed by atoms with E-state index < -0.39 is 5.82 Å². The lowest BCUT2D eigenvalue weighted by Crippen LogP contribution is -2.16. The largest absolute Gasteiger partial charge is 0.491 e. The van der Waals surface area contributed by atoms with Crippen molar-refractivity contribution in [3.05, 3.63) is 53.8 Å². The molecular formula is C20H21FN2O3. The van der Waals surface area contributed by atoms with Gasteiger partial charge in [-0.2, -0.15) is 0 Å². The SMILES string of the molecule is CCOc1ccc(NC(=O)c2cccc(NC(=O)C3CC3C)c2)cc1F. The van der Waals surface area contributed by atoms with Crippen LogP contribution in [0.25, 0.3) is 0 Å². The molecule has 0 radical (unpaired) electrons. The molecule has 6 heteroatoms. The molecule has 2 amide bonds. The smallest absolute Gasteiger partial charge is 0.255 e. The monoisotopic (exact) mass is 356 g/mol. The topological polar surface area (TPSA) is 67.4 Å². The first kappa shape index (κ1) is 17.9. The highest BCUT2D eigenvalue weighted by Crippen LogP contribution is 2.38. The van der Waals surface area contributed by atoms with Crippen molar-refractivity contribution in [2.75, 3.05) is 17.2 Å². The van der Waals surface area contributed by atoms with Crippen LogP contribution in [0.5, 0.6) is 5.75 Å². The van der Waals surface area contributed by atoms with Crippen molar-refractivity contribution in [1.82, 2.24) is 0 Å². The van der Waals surface area contributed by atoms with Crippen LogP contribution >= 0.6 is 0 Å². The van der Waals surface area contributed by atoms with Crippen molar-refractivity contribution in [3.63, 3.8) is 0 Å². The van der Waals surface area contributed by atoms with Gasteiger partial charge in [-0.05, 0) is 49.6 Å². The van der Waals surface area contributed by atoms with Crippen LogP contribution < -0.4 is 15.4 Å². The highest BCUT2D eigenvalue weighted by Gasteiger charge is 2.39. The molecule has 2 N–H and O–H groups in total. The fourth-order valence-corrected chi connectivity index (χ4v) is 2.71. The first-order valence-electron chi connectivity index (χ1n) is 8.62. The Morgan fingerprint density at radius 3 is 2.54 bits per heavy atom. The van der Waals surface area contributed by atoms with Crippen LogP contribution in [0, 0.1) is 17.7 Å². The van der Waals surface area contributed by atoms with Crippen LogP contribution in [-0.2, 0) is 4.79 Å². The Hall–Kier alpha value is -2.89.